The van der Waals surface area contributed by atoms with E-state index in [0.717, 1.165) is 0 Å². The lowest BCUT2D eigenvalue weighted by molar-refractivity contribution is 0.435. The lowest BCUT2D eigenvalue weighted by Crippen LogP contribution is -1.91. The standard InChI is InChI=1S/C13H8F2N2O2/c1-17-4-2-6(18)10(14)12-8(4)9-5(17)3-7(19)11(15)13(9)16-12/h2-3,16,18-19H,1H3. The Bertz CT molecular complexity index is 893. The molecule has 2 aromatic carbocycles. The largest absolute Gasteiger partial charge is 0.505 e. The summed E-state index contributed by atoms with van der Waals surface area (Å²) >= 11 is 0. The van der Waals surface area contributed by atoms with Crippen LogP contribution < -0.4 is 0 Å². The maximum Gasteiger partial charge on any atom is 0.188 e. The molecule has 0 spiro atoms. The van der Waals surface area contributed by atoms with Crippen molar-refractivity contribution in [3.63, 3.8) is 0 Å². The summed E-state index contributed by atoms with van der Waals surface area (Å²) in [4.78, 5) is 2.60. The number of phenolic OH excluding ortho intramolecular Hbond substituents is 2. The molecule has 0 amide bonds. The zero-order chi connectivity index (χ0) is 13.5. The quantitative estimate of drug-likeness (QED) is 0.456. The molecule has 4 nitrogen and oxygen atoms in total. The molecule has 0 bridgehead atoms. The first kappa shape index (κ1) is 10.4. The van der Waals surface area contributed by atoms with Crippen LogP contribution in [-0.2, 0) is 7.05 Å². The van der Waals surface area contributed by atoms with Gasteiger partial charge in [0, 0.05) is 30.0 Å². The molecule has 19 heavy (non-hydrogen) atoms. The van der Waals surface area contributed by atoms with Gasteiger partial charge in [0.05, 0.1) is 22.1 Å². The van der Waals surface area contributed by atoms with E-state index in [1.165, 1.54) is 12.1 Å². The minimum Gasteiger partial charge on any atom is -0.505 e. The van der Waals surface area contributed by atoms with Crippen LogP contribution in [0.1, 0.15) is 0 Å². The number of aryl methyl sites for hydroxylation is 1. The molecule has 0 aliphatic rings. The Labute approximate surface area is 104 Å². The molecule has 2 aromatic heterocycles. The molecule has 4 rings (SSSR count). The van der Waals surface area contributed by atoms with Crippen LogP contribution >= 0.6 is 0 Å². The number of aromatic nitrogens is 2. The molecular weight excluding hydrogens is 254 g/mol. The molecule has 2 heterocycles. The van der Waals surface area contributed by atoms with E-state index in [9.17, 15) is 19.0 Å². The molecule has 4 aromatic rings. The average Bonchev–Trinajstić information content (AvgIpc) is 2.88. The number of hydrogen-bond acceptors (Lipinski definition) is 2. The highest BCUT2D eigenvalue weighted by Gasteiger charge is 2.24. The number of rotatable bonds is 0. The van der Waals surface area contributed by atoms with Crippen LogP contribution in [0, 0.1) is 11.6 Å². The van der Waals surface area contributed by atoms with Crippen molar-refractivity contribution in [3.05, 3.63) is 23.8 Å². The molecule has 0 saturated carbocycles. The Kier molecular flexibility index (Phi) is 1.59. The fraction of sp³-hybridized carbons (Fsp3) is 0.0769. The maximum absolute atomic E-state index is 13.9. The van der Waals surface area contributed by atoms with Crippen molar-refractivity contribution in [2.45, 2.75) is 0 Å². The third-order valence-corrected chi connectivity index (χ3v) is 3.67. The second-order valence-electron chi connectivity index (χ2n) is 4.64. The minimum atomic E-state index is -0.824. The molecule has 0 atom stereocenters. The highest BCUT2D eigenvalue weighted by molar-refractivity contribution is 6.24. The second kappa shape index (κ2) is 2.90. The summed E-state index contributed by atoms with van der Waals surface area (Å²) in [5.74, 6) is -2.64. The van der Waals surface area contributed by atoms with Crippen molar-refractivity contribution in [2.75, 3.05) is 0 Å². The highest BCUT2D eigenvalue weighted by atomic mass is 19.1. The summed E-state index contributed by atoms with van der Waals surface area (Å²) in [6.07, 6.45) is 0. The Morgan fingerprint density at radius 3 is 1.79 bits per heavy atom. The van der Waals surface area contributed by atoms with Gasteiger partial charge in [-0.1, -0.05) is 0 Å². The van der Waals surface area contributed by atoms with Gasteiger partial charge in [-0.3, -0.25) is 0 Å². The van der Waals surface area contributed by atoms with Crippen molar-refractivity contribution in [2.24, 2.45) is 7.05 Å². The number of benzene rings is 2. The van der Waals surface area contributed by atoms with E-state index in [1.807, 2.05) is 0 Å². The Morgan fingerprint density at radius 2 is 1.37 bits per heavy atom. The van der Waals surface area contributed by atoms with Gasteiger partial charge in [-0.2, -0.15) is 0 Å². The van der Waals surface area contributed by atoms with Gasteiger partial charge in [-0.05, 0) is 0 Å². The number of hydrogen-bond donors (Lipinski definition) is 3. The number of aromatic hydroxyl groups is 2. The SMILES string of the molecule is Cn1c2cc(O)c(F)c3[nH]c4c(F)c(O)cc1c4c32. The lowest BCUT2D eigenvalue weighted by atomic mass is 10.1. The molecule has 0 aliphatic heterocycles. The maximum atomic E-state index is 13.9. The highest BCUT2D eigenvalue weighted by Crippen LogP contribution is 2.43. The average molecular weight is 262 g/mol. The van der Waals surface area contributed by atoms with Gasteiger partial charge in [0.25, 0.3) is 0 Å². The molecule has 3 N–H and O–H groups in total. The van der Waals surface area contributed by atoms with E-state index in [4.69, 9.17) is 0 Å². The van der Waals surface area contributed by atoms with Crippen molar-refractivity contribution in [1.29, 1.82) is 0 Å². The summed E-state index contributed by atoms with van der Waals surface area (Å²) in [5, 5.41) is 20.2. The van der Waals surface area contributed by atoms with Crippen LogP contribution in [0.15, 0.2) is 12.1 Å². The van der Waals surface area contributed by atoms with Crippen molar-refractivity contribution in [1.82, 2.24) is 9.55 Å². The Balaban J connectivity index is 2.48. The molecule has 0 aliphatic carbocycles. The van der Waals surface area contributed by atoms with Gasteiger partial charge in [0.1, 0.15) is 0 Å². The van der Waals surface area contributed by atoms with Crippen molar-refractivity contribution in [3.8, 4) is 11.5 Å². The first-order chi connectivity index (χ1) is 9.00. The number of phenols is 2. The number of H-pyrrole nitrogens is 1. The summed E-state index contributed by atoms with van der Waals surface area (Å²) in [7, 11) is 1.71. The van der Waals surface area contributed by atoms with E-state index < -0.39 is 23.1 Å². The second-order valence-corrected chi connectivity index (χ2v) is 4.64. The first-order valence-electron chi connectivity index (χ1n) is 5.62. The fourth-order valence-electron chi connectivity index (χ4n) is 2.79. The lowest BCUT2D eigenvalue weighted by Gasteiger charge is -2.03. The molecule has 0 fully saturated rings. The van der Waals surface area contributed by atoms with E-state index in [1.54, 1.807) is 11.6 Å². The Hall–Kier alpha value is -2.50. The van der Waals surface area contributed by atoms with Crippen LogP contribution in [0.2, 0.25) is 0 Å². The molecule has 96 valence electrons. The molecule has 0 unspecified atom stereocenters. The van der Waals surface area contributed by atoms with Crippen LogP contribution in [0.25, 0.3) is 32.8 Å². The molecule has 0 saturated heterocycles. The van der Waals surface area contributed by atoms with E-state index in [0.29, 0.717) is 21.8 Å². The third-order valence-electron chi connectivity index (χ3n) is 3.67. The van der Waals surface area contributed by atoms with E-state index >= 15 is 0 Å². The Morgan fingerprint density at radius 1 is 0.947 bits per heavy atom. The zero-order valence-corrected chi connectivity index (χ0v) is 9.75. The van der Waals surface area contributed by atoms with Gasteiger partial charge in [-0.15, -0.1) is 0 Å². The summed E-state index contributed by atoms with van der Waals surface area (Å²) in [5.41, 5.74) is 1.22. The number of nitrogens with one attached hydrogen (secondary N) is 1. The fourth-order valence-corrected chi connectivity index (χ4v) is 2.79. The van der Waals surface area contributed by atoms with Gasteiger partial charge in [0.2, 0.25) is 0 Å². The van der Waals surface area contributed by atoms with Gasteiger partial charge in [0.15, 0.2) is 23.1 Å². The number of nitrogens with zero attached hydrogens (tertiary/aromatic N) is 1. The van der Waals surface area contributed by atoms with Gasteiger partial charge < -0.3 is 19.8 Å². The summed E-state index contributed by atoms with van der Waals surface area (Å²) < 4.78 is 29.5. The van der Waals surface area contributed by atoms with Crippen LogP contribution in [0.5, 0.6) is 11.5 Å². The number of halogens is 2. The summed E-state index contributed by atoms with van der Waals surface area (Å²) in [6.45, 7) is 0. The minimum absolute atomic E-state index is 0.0418. The smallest absolute Gasteiger partial charge is 0.188 e. The molecule has 6 heteroatoms. The van der Waals surface area contributed by atoms with Crippen molar-refractivity contribution < 1.29 is 19.0 Å². The predicted octanol–water partition coefficient (Wildman–Crippen LogP) is 2.94. The van der Waals surface area contributed by atoms with Gasteiger partial charge >= 0.3 is 0 Å². The number of aromatic amines is 1. The topological polar surface area (TPSA) is 61.2 Å². The molecular formula is C13H8F2N2O2. The summed E-state index contributed by atoms with van der Waals surface area (Å²) in [6, 6.07) is 2.58. The van der Waals surface area contributed by atoms with Gasteiger partial charge in [-0.25, -0.2) is 8.78 Å². The van der Waals surface area contributed by atoms with Crippen molar-refractivity contribution >= 4 is 32.8 Å². The third kappa shape index (κ3) is 0.987. The zero-order valence-electron chi connectivity index (χ0n) is 9.75. The van der Waals surface area contributed by atoms with E-state index in [-0.39, 0.29) is 11.0 Å². The van der Waals surface area contributed by atoms with Crippen LogP contribution in [-0.4, -0.2) is 19.8 Å². The van der Waals surface area contributed by atoms with E-state index in [2.05, 4.69) is 4.98 Å². The first-order valence-corrected chi connectivity index (χ1v) is 5.62. The normalized spacial score (nSPS) is 12.4. The molecule has 0 radical (unpaired) electrons. The predicted molar refractivity (Wildman–Crippen MR) is 66.7 cm³/mol. The van der Waals surface area contributed by atoms with Crippen LogP contribution in [0.4, 0.5) is 8.78 Å². The monoisotopic (exact) mass is 262 g/mol. The van der Waals surface area contributed by atoms with Crippen LogP contribution in [0.3, 0.4) is 0 Å².